The van der Waals surface area contributed by atoms with Gasteiger partial charge in [0.2, 0.25) is 0 Å². The summed E-state index contributed by atoms with van der Waals surface area (Å²) in [6, 6.07) is 10.9. The zero-order valence-corrected chi connectivity index (χ0v) is 20.8. The van der Waals surface area contributed by atoms with E-state index in [0.29, 0.717) is 23.5 Å². The van der Waals surface area contributed by atoms with Gasteiger partial charge < -0.3 is 21.5 Å². The highest BCUT2D eigenvalue weighted by molar-refractivity contribution is 7.93. The minimum atomic E-state index is -3.74. The molecule has 1 saturated carbocycles. The van der Waals surface area contributed by atoms with Crippen LogP contribution in [-0.2, 0) is 10.0 Å². The summed E-state index contributed by atoms with van der Waals surface area (Å²) in [5.41, 5.74) is 15.5. The lowest BCUT2D eigenvalue weighted by Crippen LogP contribution is -2.47. The number of nitrogens with zero attached hydrogens (tertiary/aromatic N) is 2. The summed E-state index contributed by atoms with van der Waals surface area (Å²) < 4.78 is 29.1. The highest BCUT2D eigenvalue weighted by atomic mass is 32.2. The Morgan fingerprint density at radius 1 is 1.12 bits per heavy atom. The van der Waals surface area contributed by atoms with Crippen LogP contribution in [0, 0.1) is 25.7 Å². The third-order valence-electron chi connectivity index (χ3n) is 7.45. The lowest BCUT2D eigenvalue weighted by molar-refractivity contribution is -0.0161. The summed E-state index contributed by atoms with van der Waals surface area (Å²) in [5.74, 6) is -0.0277. The van der Waals surface area contributed by atoms with Gasteiger partial charge in [-0.1, -0.05) is 30.7 Å². The second-order valence-corrected chi connectivity index (χ2v) is 11.7. The first-order valence-electron chi connectivity index (χ1n) is 11.6. The number of hydrogen-bond donors (Lipinski definition) is 3. The Balaban J connectivity index is 1.67. The van der Waals surface area contributed by atoms with Crippen LogP contribution in [0.4, 0.5) is 11.4 Å². The Hall–Kier alpha value is -2.13. The molecule has 0 radical (unpaired) electrons. The molecular weight excluding hydrogens is 436 g/mol. The van der Waals surface area contributed by atoms with Gasteiger partial charge in [0.1, 0.15) is 5.72 Å². The quantitative estimate of drug-likeness (QED) is 0.577. The van der Waals surface area contributed by atoms with Crippen molar-refractivity contribution in [3.05, 3.63) is 53.1 Å². The van der Waals surface area contributed by atoms with E-state index in [-0.39, 0.29) is 17.9 Å². The van der Waals surface area contributed by atoms with Crippen LogP contribution in [0.2, 0.25) is 0 Å². The van der Waals surface area contributed by atoms with Crippen LogP contribution in [0.3, 0.4) is 0 Å². The SMILES string of the molecule is Cc1cc(C(N)C2CCC[C@H]2C(C)(N)O)ccc1S(=O)(=O)N1CCN(C)c2cccc(C)c21. The molecule has 2 aromatic carbocycles. The molecule has 7 nitrogen and oxygen atoms in total. The first-order chi connectivity index (χ1) is 15.4. The van der Waals surface area contributed by atoms with Gasteiger partial charge in [-0.25, -0.2) is 8.42 Å². The summed E-state index contributed by atoms with van der Waals surface area (Å²) in [7, 11) is -1.76. The number of rotatable bonds is 5. The van der Waals surface area contributed by atoms with Crippen LogP contribution in [0.25, 0.3) is 0 Å². The molecule has 2 aromatic rings. The largest absolute Gasteiger partial charge is 0.376 e. The van der Waals surface area contributed by atoms with Crippen molar-refractivity contribution < 1.29 is 13.5 Å². The van der Waals surface area contributed by atoms with Crippen LogP contribution < -0.4 is 20.7 Å². The van der Waals surface area contributed by atoms with Crippen molar-refractivity contribution in [3.8, 4) is 0 Å². The monoisotopic (exact) mass is 472 g/mol. The molecule has 0 aromatic heterocycles. The van der Waals surface area contributed by atoms with Gasteiger partial charge >= 0.3 is 0 Å². The number of sulfonamides is 1. The number of fused-ring (bicyclic) bond motifs is 1. The van der Waals surface area contributed by atoms with Crippen molar-refractivity contribution >= 4 is 21.4 Å². The molecule has 3 unspecified atom stereocenters. The smallest absolute Gasteiger partial charge is 0.264 e. The predicted octanol–water partition coefficient (Wildman–Crippen LogP) is 3.03. The molecular formula is C25H36N4O3S. The third kappa shape index (κ3) is 4.25. The van der Waals surface area contributed by atoms with Crippen molar-refractivity contribution in [2.45, 2.75) is 56.7 Å². The molecule has 1 aliphatic heterocycles. The Labute approximate surface area is 197 Å². The Morgan fingerprint density at radius 2 is 1.85 bits per heavy atom. The first-order valence-corrected chi connectivity index (χ1v) is 13.1. The van der Waals surface area contributed by atoms with E-state index in [9.17, 15) is 13.5 Å². The van der Waals surface area contributed by atoms with E-state index >= 15 is 0 Å². The maximum atomic E-state index is 13.8. The van der Waals surface area contributed by atoms with Crippen LogP contribution in [0.5, 0.6) is 0 Å². The van der Waals surface area contributed by atoms with Gasteiger partial charge in [-0.05, 0) is 68.4 Å². The van der Waals surface area contributed by atoms with E-state index in [0.717, 1.165) is 41.8 Å². The fraction of sp³-hybridized carbons (Fsp3) is 0.520. The molecule has 180 valence electrons. The van der Waals surface area contributed by atoms with Crippen molar-refractivity contribution in [1.29, 1.82) is 0 Å². The minimum Gasteiger partial charge on any atom is -0.376 e. The standard InChI is InChI=1S/C25H36N4O3S/c1-16-7-5-10-21-24(16)29(14-13-28(21)4)33(31,32)22-12-11-18(15-17(22)2)23(26)19-8-6-9-20(19)25(3,27)30/h5,7,10-12,15,19-20,23,30H,6,8-9,13-14,26-27H2,1-4H3/t19?,20-,23?,25?/m1/s1. The average Bonchev–Trinajstić information content (AvgIpc) is 3.24. The van der Waals surface area contributed by atoms with Crippen LogP contribution in [0.1, 0.15) is 48.9 Å². The fourth-order valence-electron chi connectivity index (χ4n) is 5.67. The minimum absolute atomic E-state index is 0.0546. The van der Waals surface area contributed by atoms with E-state index in [4.69, 9.17) is 11.5 Å². The zero-order valence-electron chi connectivity index (χ0n) is 20.0. The fourth-order valence-corrected chi connectivity index (χ4v) is 7.41. The molecule has 0 spiro atoms. The number of anilines is 2. The molecule has 8 heteroatoms. The third-order valence-corrected chi connectivity index (χ3v) is 9.41. The molecule has 0 amide bonds. The second kappa shape index (κ2) is 8.58. The number of aliphatic hydroxyl groups is 1. The number of likely N-dealkylation sites (N-methyl/N-ethyl adjacent to an activating group) is 1. The molecule has 0 bridgehead atoms. The highest BCUT2D eigenvalue weighted by Gasteiger charge is 2.41. The summed E-state index contributed by atoms with van der Waals surface area (Å²) in [6.45, 7) is 6.43. The van der Waals surface area contributed by atoms with E-state index in [1.165, 1.54) is 4.31 Å². The van der Waals surface area contributed by atoms with Gasteiger partial charge in [0, 0.05) is 25.6 Å². The number of nitrogens with two attached hydrogens (primary N) is 2. The Bertz CT molecular complexity index is 1140. The van der Waals surface area contributed by atoms with Gasteiger partial charge in [-0.3, -0.25) is 4.31 Å². The number of hydrogen-bond acceptors (Lipinski definition) is 6. The molecule has 1 aliphatic carbocycles. The van der Waals surface area contributed by atoms with E-state index in [1.54, 1.807) is 13.0 Å². The maximum absolute atomic E-state index is 13.8. The van der Waals surface area contributed by atoms with E-state index in [1.807, 2.05) is 51.2 Å². The molecule has 1 heterocycles. The first kappa shape index (κ1) is 24.0. The maximum Gasteiger partial charge on any atom is 0.264 e. The Morgan fingerprint density at radius 3 is 2.52 bits per heavy atom. The molecule has 1 fully saturated rings. The number of para-hydroxylation sites is 1. The normalized spacial score (nSPS) is 23.8. The number of aryl methyl sites for hydroxylation is 2. The van der Waals surface area contributed by atoms with Gasteiger partial charge in [0.15, 0.2) is 0 Å². The summed E-state index contributed by atoms with van der Waals surface area (Å²) >= 11 is 0. The average molecular weight is 473 g/mol. The van der Waals surface area contributed by atoms with Crippen LogP contribution >= 0.6 is 0 Å². The lowest BCUT2D eigenvalue weighted by atomic mass is 9.80. The van der Waals surface area contributed by atoms with Gasteiger partial charge in [-0.15, -0.1) is 0 Å². The second-order valence-electron chi connectivity index (χ2n) is 9.92. The van der Waals surface area contributed by atoms with Crippen molar-refractivity contribution in [3.63, 3.8) is 0 Å². The summed E-state index contributed by atoms with van der Waals surface area (Å²) in [6.07, 6.45) is 2.72. The number of benzene rings is 2. The molecule has 4 atom stereocenters. The predicted molar refractivity (Wildman–Crippen MR) is 133 cm³/mol. The van der Waals surface area contributed by atoms with E-state index in [2.05, 4.69) is 4.90 Å². The van der Waals surface area contributed by atoms with Crippen LogP contribution in [-0.4, -0.2) is 39.4 Å². The molecule has 0 saturated heterocycles. The van der Waals surface area contributed by atoms with Gasteiger partial charge in [-0.2, -0.15) is 0 Å². The van der Waals surface area contributed by atoms with Crippen molar-refractivity contribution in [2.75, 3.05) is 29.3 Å². The summed E-state index contributed by atoms with van der Waals surface area (Å²) in [5, 5.41) is 10.4. The lowest BCUT2D eigenvalue weighted by Gasteiger charge is -2.37. The van der Waals surface area contributed by atoms with E-state index < -0.39 is 15.7 Å². The van der Waals surface area contributed by atoms with Crippen molar-refractivity contribution in [2.24, 2.45) is 23.3 Å². The van der Waals surface area contributed by atoms with Crippen LogP contribution in [0.15, 0.2) is 41.3 Å². The van der Waals surface area contributed by atoms with Gasteiger partial charge in [0.25, 0.3) is 10.0 Å². The zero-order chi connectivity index (χ0) is 24.1. The highest BCUT2D eigenvalue weighted by Crippen LogP contribution is 2.44. The molecule has 5 N–H and O–H groups in total. The Kier molecular flexibility index (Phi) is 6.24. The molecule has 4 rings (SSSR count). The van der Waals surface area contributed by atoms with Gasteiger partial charge in [0.05, 0.1) is 22.8 Å². The molecule has 2 aliphatic rings. The molecule has 33 heavy (non-hydrogen) atoms. The summed E-state index contributed by atoms with van der Waals surface area (Å²) in [4.78, 5) is 2.39. The topological polar surface area (TPSA) is 113 Å². The van der Waals surface area contributed by atoms with Crippen molar-refractivity contribution in [1.82, 2.24) is 0 Å².